The Morgan fingerprint density at radius 1 is 1.29 bits per heavy atom. The van der Waals surface area contributed by atoms with E-state index in [0.717, 1.165) is 18.4 Å². The fourth-order valence-corrected chi connectivity index (χ4v) is 4.44. The molecule has 6 nitrogen and oxygen atoms in total. The summed E-state index contributed by atoms with van der Waals surface area (Å²) in [5, 5.41) is 9.58. The SMILES string of the molecule is O=c1[nH]sc2c(C3CC3)c3cc(N4CC(O)C4)c(F)cn3c(=O)c12. The number of hydrogen-bond donors (Lipinski definition) is 2. The number of hydrogen-bond acceptors (Lipinski definition) is 5. The van der Waals surface area contributed by atoms with Crippen LogP contribution in [-0.4, -0.2) is 33.1 Å². The van der Waals surface area contributed by atoms with Crippen molar-refractivity contribution in [2.75, 3.05) is 18.0 Å². The summed E-state index contributed by atoms with van der Waals surface area (Å²) in [5.41, 5.74) is 1.11. The fourth-order valence-electron chi connectivity index (χ4n) is 3.48. The zero-order valence-corrected chi connectivity index (χ0v) is 13.4. The van der Waals surface area contributed by atoms with Crippen LogP contribution in [0.15, 0.2) is 21.9 Å². The molecule has 5 rings (SSSR count). The second-order valence-electron chi connectivity index (χ2n) is 6.55. The van der Waals surface area contributed by atoms with Crippen molar-refractivity contribution in [1.82, 2.24) is 8.77 Å². The van der Waals surface area contributed by atoms with E-state index in [9.17, 15) is 19.1 Å². The number of anilines is 1. The first-order valence-electron chi connectivity index (χ1n) is 7.86. The third-order valence-electron chi connectivity index (χ3n) is 4.86. The van der Waals surface area contributed by atoms with E-state index in [1.54, 1.807) is 11.0 Å². The van der Waals surface area contributed by atoms with E-state index in [-0.39, 0.29) is 5.39 Å². The average Bonchev–Trinajstić information content (AvgIpc) is 3.28. The summed E-state index contributed by atoms with van der Waals surface area (Å²) in [5.74, 6) is -0.223. The zero-order valence-electron chi connectivity index (χ0n) is 12.6. The van der Waals surface area contributed by atoms with Crippen molar-refractivity contribution in [2.45, 2.75) is 24.9 Å². The Hall–Kier alpha value is -2.19. The number of pyridine rings is 2. The fraction of sp³-hybridized carbons (Fsp3) is 0.375. The van der Waals surface area contributed by atoms with Crippen LogP contribution in [0.25, 0.3) is 15.6 Å². The highest BCUT2D eigenvalue weighted by molar-refractivity contribution is 7.13. The van der Waals surface area contributed by atoms with E-state index in [2.05, 4.69) is 4.37 Å². The van der Waals surface area contributed by atoms with Crippen LogP contribution >= 0.6 is 11.5 Å². The van der Waals surface area contributed by atoms with E-state index in [1.807, 2.05) is 0 Å². The number of halogens is 1. The van der Waals surface area contributed by atoms with Gasteiger partial charge in [0, 0.05) is 13.1 Å². The summed E-state index contributed by atoms with van der Waals surface area (Å²) in [4.78, 5) is 26.4. The molecular weight excluding hydrogens is 333 g/mol. The maximum Gasteiger partial charge on any atom is 0.271 e. The first-order valence-corrected chi connectivity index (χ1v) is 8.68. The van der Waals surface area contributed by atoms with Crippen molar-refractivity contribution in [2.24, 2.45) is 0 Å². The van der Waals surface area contributed by atoms with Crippen LogP contribution in [0.1, 0.15) is 24.3 Å². The molecule has 24 heavy (non-hydrogen) atoms. The van der Waals surface area contributed by atoms with Crippen LogP contribution in [0.4, 0.5) is 10.1 Å². The quantitative estimate of drug-likeness (QED) is 0.735. The Morgan fingerprint density at radius 3 is 2.71 bits per heavy atom. The molecule has 1 saturated heterocycles. The van der Waals surface area contributed by atoms with Gasteiger partial charge < -0.3 is 10.0 Å². The smallest absolute Gasteiger partial charge is 0.271 e. The summed E-state index contributed by atoms with van der Waals surface area (Å²) < 4.78 is 19.1. The normalized spacial score (nSPS) is 18.5. The molecule has 0 unspecified atom stereocenters. The summed E-state index contributed by atoms with van der Waals surface area (Å²) >= 11 is 1.18. The van der Waals surface area contributed by atoms with Crippen LogP contribution in [0.2, 0.25) is 0 Å². The third kappa shape index (κ3) is 1.83. The molecule has 3 aromatic heterocycles. The largest absolute Gasteiger partial charge is 0.389 e. The van der Waals surface area contributed by atoms with Crippen LogP contribution in [-0.2, 0) is 0 Å². The van der Waals surface area contributed by atoms with Gasteiger partial charge in [-0.05, 0) is 30.4 Å². The molecule has 0 amide bonds. The van der Waals surface area contributed by atoms with Gasteiger partial charge in [0.05, 0.1) is 28.2 Å². The second-order valence-corrected chi connectivity index (χ2v) is 7.37. The standard InChI is InChI=1S/C16H14FN3O3S/c17-9-6-20-11(3-10(9)19-4-8(21)5-19)12(7-1-2-7)14-13(16(20)23)15(22)18-24-14/h3,6-8,21H,1-2,4-5H2,(H,18,22). The van der Waals surface area contributed by atoms with Gasteiger partial charge in [-0.25, -0.2) is 4.39 Å². The van der Waals surface area contributed by atoms with E-state index >= 15 is 0 Å². The van der Waals surface area contributed by atoms with Gasteiger partial charge in [0.25, 0.3) is 11.1 Å². The van der Waals surface area contributed by atoms with E-state index < -0.39 is 23.0 Å². The van der Waals surface area contributed by atoms with Crippen LogP contribution in [0, 0.1) is 5.82 Å². The number of β-amino-alcohol motifs (C(OH)–C–C–N with tert-alkyl or cyclic N) is 1. The predicted octanol–water partition coefficient (Wildman–Crippen LogP) is 1.40. The summed E-state index contributed by atoms with van der Waals surface area (Å²) in [7, 11) is 0. The molecule has 1 saturated carbocycles. The number of aromatic amines is 1. The summed E-state index contributed by atoms with van der Waals surface area (Å²) in [6, 6.07) is 1.68. The molecule has 4 heterocycles. The van der Waals surface area contributed by atoms with Crippen molar-refractivity contribution >= 4 is 32.8 Å². The molecule has 2 fully saturated rings. The van der Waals surface area contributed by atoms with Crippen molar-refractivity contribution in [3.63, 3.8) is 0 Å². The number of nitrogens with one attached hydrogen (secondary N) is 1. The highest BCUT2D eigenvalue weighted by Crippen LogP contribution is 2.45. The number of H-pyrrole nitrogens is 1. The molecule has 1 aliphatic carbocycles. The molecule has 0 spiro atoms. The van der Waals surface area contributed by atoms with Gasteiger partial charge in [-0.1, -0.05) is 11.5 Å². The van der Waals surface area contributed by atoms with Crippen molar-refractivity contribution < 1.29 is 9.50 Å². The molecule has 124 valence electrons. The number of nitrogens with zero attached hydrogens (tertiary/aromatic N) is 2. The van der Waals surface area contributed by atoms with Gasteiger partial charge in [0.2, 0.25) is 0 Å². The predicted molar refractivity (Wildman–Crippen MR) is 89.8 cm³/mol. The number of aliphatic hydroxyl groups excluding tert-OH is 1. The molecule has 2 N–H and O–H groups in total. The zero-order chi connectivity index (χ0) is 16.6. The van der Waals surface area contributed by atoms with E-state index in [1.165, 1.54) is 22.1 Å². The van der Waals surface area contributed by atoms with Gasteiger partial charge in [-0.15, -0.1) is 0 Å². The van der Waals surface area contributed by atoms with E-state index in [4.69, 9.17) is 0 Å². The number of aromatic nitrogens is 2. The van der Waals surface area contributed by atoms with Crippen LogP contribution in [0.3, 0.4) is 0 Å². The highest BCUT2D eigenvalue weighted by Gasteiger charge is 2.32. The second kappa shape index (κ2) is 4.67. The molecule has 0 atom stereocenters. The van der Waals surface area contributed by atoms with Crippen LogP contribution in [0.5, 0.6) is 0 Å². The van der Waals surface area contributed by atoms with Gasteiger partial charge >= 0.3 is 0 Å². The van der Waals surface area contributed by atoms with E-state index in [0.29, 0.717) is 34.9 Å². The van der Waals surface area contributed by atoms with Gasteiger partial charge in [0.1, 0.15) is 5.39 Å². The molecule has 3 aromatic rings. The Morgan fingerprint density at radius 2 is 2.04 bits per heavy atom. The van der Waals surface area contributed by atoms with Gasteiger partial charge in [0.15, 0.2) is 5.82 Å². The number of fused-ring (bicyclic) bond motifs is 2. The Bertz CT molecular complexity index is 1110. The lowest BCUT2D eigenvalue weighted by Gasteiger charge is -2.38. The summed E-state index contributed by atoms with van der Waals surface area (Å²) in [6.45, 7) is 0.769. The Balaban J connectivity index is 1.88. The average molecular weight is 347 g/mol. The minimum Gasteiger partial charge on any atom is -0.389 e. The molecule has 0 aromatic carbocycles. The first-order chi connectivity index (χ1) is 11.5. The molecule has 1 aliphatic heterocycles. The van der Waals surface area contributed by atoms with Crippen molar-refractivity contribution in [3.05, 3.63) is 44.4 Å². The van der Waals surface area contributed by atoms with Gasteiger partial charge in [-0.2, -0.15) is 0 Å². The van der Waals surface area contributed by atoms with Crippen molar-refractivity contribution in [1.29, 1.82) is 0 Å². The minimum atomic E-state index is -0.524. The topological polar surface area (TPSA) is 77.8 Å². The minimum absolute atomic E-state index is 0.117. The van der Waals surface area contributed by atoms with Gasteiger partial charge in [-0.3, -0.25) is 18.4 Å². The lowest BCUT2D eigenvalue weighted by molar-refractivity contribution is 0.141. The lowest BCUT2D eigenvalue weighted by Crippen LogP contribution is -2.51. The highest BCUT2D eigenvalue weighted by atomic mass is 32.1. The molecule has 0 bridgehead atoms. The molecule has 0 radical (unpaired) electrons. The van der Waals surface area contributed by atoms with Crippen LogP contribution < -0.4 is 16.0 Å². The maximum absolute atomic E-state index is 14.5. The Kier molecular flexibility index (Phi) is 2.76. The summed E-state index contributed by atoms with van der Waals surface area (Å²) in [6.07, 6.45) is 2.73. The number of rotatable bonds is 2. The lowest BCUT2D eigenvalue weighted by atomic mass is 10.1. The number of aliphatic hydroxyl groups is 1. The Labute approximate surface area is 138 Å². The van der Waals surface area contributed by atoms with Crippen molar-refractivity contribution in [3.8, 4) is 0 Å². The molecular formula is C16H14FN3O3S. The first kappa shape index (κ1) is 14.2. The molecule has 8 heteroatoms. The molecule has 2 aliphatic rings. The third-order valence-corrected chi connectivity index (χ3v) is 5.78. The monoisotopic (exact) mass is 347 g/mol. The maximum atomic E-state index is 14.5.